The molecular formula is C15H21NO3S. The third-order valence-electron chi connectivity index (χ3n) is 3.58. The van der Waals surface area contributed by atoms with Crippen molar-refractivity contribution in [3.8, 4) is 0 Å². The maximum absolute atomic E-state index is 11.8. The lowest BCUT2D eigenvalue weighted by Gasteiger charge is -2.26. The molecule has 0 saturated carbocycles. The van der Waals surface area contributed by atoms with Crippen LogP contribution < -0.4 is 5.32 Å². The minimum absolute atomic E-state index is 0.180. The Kier molecular flexibility index (Phi) is 5.07. The zero-order valence-electron chi connectivity index (χ0n) is 11.7. The Labute approximate surface area is 123 Å². The van der Waals surface area contributed by atoms with Gasteiger partial charge >= 0.3 is 0 Å². The highest BCUT2D eigenvalue weighted by Gasteiger charge is 2.24. The monoisotopic (exact) mass is 295 g/mol. The maximum atomic E-state index is 11.8. The molecule has 0 spiro atoms. The van der Waals surface area contributed by atoms with E-state index in [0.29, 0.717) is 0 Å². The maximum Gasteiger partial charge on any atom is 0.230 e. The number of rotatable bonds is 6. The average molecular weight is 295 g/mol. The predicted molar refractivity (Wildman–Crippen MR) is 79.9 cm³/mol. The van der Waals surface area contributed by atoms with Gasteiger partial charge in [-0.2, -0.15) is 0 Å². The van der Waals surface area contributed by atoms with E-state index >= 15 is 0 Å². The number of carbonyl (C=O) groups is 1. The summed E-state index contributed by atoms with van der Waals surface area (Å²) in [5.41, 5.74) is 1.87. The van der Waals surface area contributed by atoms with E-state index in [1.807, 2.05) is 0 Å². The topological polar surface area (TPSA) is 69.6 Å². The second kappa shape index (κ2) is 6.61. The molecule has 110 valence electrons. The molecule has 5 heteroatoms. The lowest BCUT2D eigenvalue weighted by atomic mass is 10.1. The van der Waals surface area contributed by atoms with Crippen LogP contribution in [0.3, 0.4) is 0 Å². The lowest BCUT2D eigenvalue weighted by molar-refractivity contribution is -0.121. The molecule has 0 unspecified atom stereocenters. The van der Waals surface area contributed by atoms with Crippen molar-refractivity contribution in [3.05, 3.63) is 29.3 Å². The highest BCUT2D eigenvalue weighted by molar-refractivity contribution is 8.00. The molecule has 1 aromatic carbocycles. The van der Waals surface area contributed by atoms with Crippen LogP contribution in [0, 0.1) is 0 Å². The lowest BCUT2D eigenvalue weighted by Crippen LogP contribution is -2.52. The molecule has 2 rings (SSSR count). The third kappa shape index (κ3) is 3.75. The highest BCUT2D eigenvalue weighted by Crippen LogP contribution is 2.27. The fourth-order valence-corrected chi connectivity index (χ4v) is 3.05. The van der Waals surface area contributed by atoms with Gasteiger partial charge in [-0.1, -0.05) is 6.07 Å². The van der Waals surface area contributed by atoms with Crippen LogP contribution in [0.1, 0.15) is 24.5 Å². The Morgan fingerprint density at radius 1 is 1.30 bits per heavy atom. The molecule has 0 atom stereocenters. The molecule has 0 aromatic heterocycles. The Bertz CT molecular complexity index is 486. The van der Waals surface area contributed by atoms with Crippen LogP contribution in [0.25, 0.3) is 0 Å². The van der Waals surface area contributed by atoms with Crippen molar-refractivity contribution < 1.29 is 15.0 Å². The standard InChI is InChI=1S/C15H21NO3S/c1-15(9-17,10-18)16-14(19)8-20-13-6-5-11-3-2-4-12(11)7-13/h5-7,17-18H,2-4,8-10H2,1H3,(H,16,19). The Hall–Kier alpha value is -1.04. The van der Waals surface area contributed by atoms with Gasteiger partial charge in [-0.15, -0.1) is 11.8 Å². The highest BCUT2D eigenvalue weighted by atomic mass is 32.2. The summed E-state index contributed by atoms with van der Waals surface area (Å²) in [6.07, 6.45) is 3.50. The minimum Gasteiger partial charge on any atom is -0.394 e. The first-order chi connectivity index (χ1) is 9.56. The van der Waals surface area contributed by atoms with Crippen LogP contribution in [0.2, 0.25) is 0 Å². The van der Waals surface area contributed by atoms with Gasteiger partial charge in [-0.25, -0.2) is 0 Å². The van der Waals surface area contributed by atoms with Crippen molar-refractivity contribution in [2.45, 2.75) is 36.6 Å². The number of nitrogens with one attached hydrogen (secondary N) is 1. The molecule has 0 radical (unpaired) electrons. The van der Waals surface area contributed by atoms with Crippen molar-refractivity contribution in [1.29, 1.82) is 0 Å². The minimum atomic E-state index is -0.949. The Morgan fingerprint density at radius 3 is 2.70 bits per heavy atom. The fraction of sp³-hybridized carbons (Fsp3) is 0.533. The molecular weight excluding hydrogens is 274 g/mol. The van der Waals surface area contributed by atoms with Gasteiger partial charge < -0.3 is 15.5 Å². The molecule has 4 nitrogen and oxygen atoms in total. The average Bonchev–Trinajstić information content (AvgIpc) is 2.92. The SMILES string of the molecule is CC(CO)(CO)NC(=O)CSc1ccc2c(c1)CCC2. The summed E-state index contributed by atoms with van der Waals surface area (Å²) in [5, 5.41) is 20.9. The van der Waals surface area contributed by atoms with Gasteiger partial charge in [0.15, 0.2) is 0 Å². The number of aliphatic hydroxyl groups is 2. The number of aryl methyl sites for hydroxylation is 2. The van der Waals surface area contributed by atoms with Crippen LogP contribution in [-0.4, -0.2) is 40.6 Å². The first-order valence-corrected chi connectivity index (χ1v) is 7.82. The van der Waals surface area contributed by atoms with Gasteiger partial charge in [-0.3, -0.25) is 4.79 Å². The molecule has 20 heavy (non-hydrogen) atoms. The van der Waals surface area contributed by atoms with Gasteiger partial charge in [0, 0.05) is 4.90 Å². The Morgan fingerprint density at radius 2 is 2.00 bits per heavy atom. The number of thioether (sulfide) groups is 1. The fourth-order valence-electron chi connectivity index (χ4n) is 2.29. The van der Waals surface area contributed by atoms with Crippen molar-refractivity contribution in [3.63, 3.8) is 0 Å². The Balaban J connectivity index is 1.87. The molecule has 0 aliphatic heterocycles. The van der Waals surface area contributed by atoms with E-state index in [0.717, 1.165) is 17.7 Å². The van der Waals surface area contributed by atoms with Crippen molar-refractivity contribution in [1.82, 2.24) is 5.32 Å². The summed E-state index contributed by atoms with van der Waals surface area (Å²) in [4.78, 5) is 12.9. The van der Waals surface area contributed by atoms with Crippen LogP contribution >= 0.6 is 11.8 Å². The summed E-state index contributed by atoms with van der Waals surface area (Å²) in [6.45, 7) is 1.06. The molecule has 1 amide bonds. The van der Waals surface area contributed by atoms with Crippen LogP contribution in [0.5, 0.6) is 0 Å². The normalized spacial score (nSPS) is 14.2. The molecule has 0 bridgehead atoms. The van der Waals surface area contributed by atoms with Gasteiger partial charge in [0.05, 0.1) is 24.5 Å². The van der Waals surface area contributed by atoms with Gasteiger partial charge in [0.25, 0.3) is 0 Å². The summed E-state index contributed by atoms with van der Waals surface area (Å²) >= 11 is 1.48. The quantitative estimate of drug-likeness (QED) is 0.688. The number of carbonyl (C=O) groups excluding carboxylic acids is 1. The molecule has 1 aliphatic rings. The first-order valence-electron chi connectivity index (χ1n) is 6.84. The van der Waals surface area contributed by atoms with E-state index in [-0.39, 0.29) is 24.9 Å². The second-order valence-electron chi connectivity index (χ2n) is 5.50. The summed E-state index contributed by atoms with van der Waals surface area (Å²) < 4.78 is 0. The van der Waals surface area contributed by atoms with Gasteiger partial charge in [-0.05, 0) is 49.4 Å². The van der Waals surface area contributed by atoms with Crippen LogP contribution in [-0.2, 0) is 17.6 Å². The molecule has 0 fully saturated rings. The number of fused-ring (bicyclic) bond motifs is 1. The van der Waals surface area contributed by atoms with Crippen LogP contribution in [0.15, 0.2) is 23.1 Å². The molecule has 3 N–H and O–H groups in total. The zero-order chi connectivity index (χ0) is 14.6. The van der Waals surface area contributed by atoms with Crippen molar-refractivity contribution in [2.75, 3.05) is 19.0 Å². The molecule has 0 saturated heterocycles. The number of hydrogen-bond donors (Lipinski definition) is 3. The number of aliphatic hydroxyl groups excluding tert-OH is 2. The van der Waals surface area contributed by atoms with Crippen LogP contribution in [0.4, 0.5) is 0 Å². The molecule has 0 heterocycles. The first kappa shape index (κ1) is 15.4. The number of benzene rings is 1. The molecule has 1 aliphatic carbocycles. The van der Waals surface area contributed by atoms with Crippen molar-refractivity contribution >= 4 is 17.7 Å². The number of hydrogen-bond acceptors (Lipinski definition) is 4. The second-order valence-corrected chi connectivity index (χ2v) is 6.55. The zero-order valence-corrected chi connectivity index (χ0v) is 12.5. The van der Waals surface area contributed by atoms with Gasteiger partial charge in [0.2, 0.25) is 5.91 Å². The number of amides is 1. The predicted octanol–water partition coefficient (Wildman–Crippen LogP) is 1.13. The third-order valence-corrected chi connectivity index (χ3v) is 4.57. The smallest absolute Gasteiger partial charge is 0.230 e. The van der Waals surface area contributed by atoms with E-state index in [9.17, 15) is 4.79 Å². The molecule has 1 aromatic rings. The summed E-state index contributed by atoms with van der Waals surface area (Å²) in [6, 6.07) is 6.37. The summed E-state index contributed by atoms with van der Waals surface area (Å²) in [5.74, 6) is 0.107. The van der Waals surface area contributed by atoms with E-state index in [1.54, 1.807) is 6.92 Å². The van der Waals surface area contributed by atoms with Gasteiger partial charge in [0.1, 0.15) is 0 Å². The van der Waals surface area contributed by atoms with E-state index < -0.39 is 5.54 Å². The van der Waals surface area contributed by atoms with E-state index in [2.05, 4.69) is 23.5 Å². The van der Waals surface area contributed by atoms with E-state index in [1.165, 1.54) is 29.3 Å². The van der Waals surface area contributed by atoms with Crippen molar-refractivity contribution in [2.24, 2.45) is 0 Å². The van der Waals surface area contributed by atoms with E-state index in [4.69, 9.17) is 10.2 Å². The summed E-state index contributed by atoms with van der Waals surface area (Å²) in [7, 11) is 0. The largest absolute Gasteiger partial charge is 0.394 e.